The molecule has 2 amide bonds. The number of fused-ring (bicyclic) bond motifs is 1. The van der Waals surface area contributed by atoms with Gasteiger partial charge in [0.25, 0.3) is 5.91 Å². The summed E-state index contributed by atoms with van der Waals surface area (Å²) < 4.78 is 7.53. The molecule has 2 aromatic heterocycles. The molecule has 0 spiro atoms. The highest BCUT2D eigenvalue weighted by atomic mass is 16.5. The molecule has 2 fully saturated rings. The Hall–Kier alpha value is -3.09. The van der Waals surface area contributed by atoms with Gasteiger partial charge in [-0.25, -0.2) is 0 Å². The lowest BCUT2D eigenvalue weighted by Crippen LogP contribution is -2.42. The van der Waals surface area contributed by atoms with Gasteiger partial charge in [0.05, 0.1) is 5.69 Å². The van der Waals surface area contributed by atoms with Gasteiger partial charge in [0.1, 0.15) is 0 Å². The number of piperidine rings is 1. The number of carbonyl (C=O) groups excluding carboxylic acids is 2. The van der Waals surface area contributed by atoms with Crippen molar-refractivity contribution in [1.29, 1.82) is 0 Å². The number of hydrogen-bond acceptors (Lipinski definition) is 4. The van der Waals surface area contributed by atoms with Crippen LogP contribution in [0.3, 0.4) is 0 Å². The summed E-state index contributed by atoms with van der Waals surface area (Å²) in [5, 5.41) is 8.20. The highest BCUT2D eigenvalue weighted by Crippen LogP contribution is 2.31. The Morgan fingerprint density at radius 3 is 2.70 bits per heavy atom. The molecule has 1 atom stereocenters. The summed E-state index contributed by atoms with van der Waals surface area (Å²) in [5.41, 5.74) is 3.77. The SMILES string of the molecule is Cc1cc2cc(NC(=O)c3cc([C@@H]4CCCN(C(=O)C5CCCCC5)C4)no3)ccc2n1C. The molecule has 0 radical (unpaired) electrons. The zero-order chi connectivity index (χ0) is 22.9. The minimum atomic E-state index is -0.313. The number of aromatic nitrogens is 2. The van der Waals surface area contributed by atoms with Crippen molar-refractivity contribution in [2.24, 2.45) is 13.0 Å². The van der Waals surface area contributed by atoms with E-state index in [2.05, 4.69) is 28.0 Å². The van der Waals surface area contributed by atoms with Crippen LogP contribution in [0.4, 0.5) is 5.69 Å². The molecule has 2 aliphatic rings. The molecule has 7 heteroatoms. The van der Waals surface area contributed by atoms with Crippen LogP contribution in [0.1, 0.15) is 72.8 Å². The standard InChI is InChI=1S/C26H32N4O3/c1-17-13-20-14-21(10-11-23(20)29(17)2)27-25(31)24-15-22(28-33-24)19-9-6-12-30(16-19)26(32)18-7-4-3-5-8-18/h10-11,13-15,18-19H,3-9,12,16H2,1-2H3,(H,27,31)/t19-/m1/s1. The second-order valence-corrected chi connectivity index (χ2v) is 9.65. The number of aryl methyl sites for hydroxylation is 2. The molecule has 1 N–H and O–H groups in total. The van der Waals surface area contributed by atoms with Gasteiger partial charge in [0.2, 0.25) is 11.7 Å². The van der Waals surface area contributed by atoms with E-state index in [1.807, 2.05) is 30.1 Å². The number of nitrogens with zero attached hydrogens (tertiary/aromatic N) is 3. The third-order valence-corrected chi connectivity index (χ3v) is 7.40. The van der Waals surface area contributed by atoms with Crippen molar-refractivity contribution in [3.05, 3.63) is 47.5 Å². The Kier molecular flexibility index (Phi) is 5.96. The van der Waals surface area contributed by atoms with Crippen molar-refractivity contribution in [3.8, 4) is 0 Å². The third kappa shape index (κ3) is 4.41. The van der Waals surface area contributed by atoms with E-state index in [0.29, 0.717) is 12.5 Å². The van der Waals surface area contributed by atoms with Crippen LogP contribution in [0.15, 0.2) is 34.9 Å². The first kappa shape index (κ1) is 21.7. The average molecular weight is 449 g/mol. The summed E-state index contributed by atoms with van der Waals surface area (Å²) >= 11 is 0. The van der Waals surface area contributed by atoms with Crippen molar-refractivity contribution in [3.63, 3.8) is 0 Å². The molecule has 1 aromatic carbocycles. The van der Waals surface area contributed by atoms with Gasteiger partial charge in [-0.05, 0) is 56.9 Å². The maximum absolute atomic E-state index is 13.0. The Balaban J connectivity index is 1.24. The van der Waals surface area contributed by atoms with Gasteiger partial charge < -0.3 is 19.3 Å². The number of amides is 2. The molecule has 3 heterocycles. The van der Waals surface area contributed by atoms with Crippen molar-refractivity contribution in [1.82, 2.24) is 14.6 Å². The lowest BCUT2D eigenvalue weighted by Gasteiger charge is -2.35. The topological polar surface area (TPSA) is 80.4 Å². The first-order chi connectivity index (χ1) is 16.0. The highest BCUT2D eigenvalue weighted by Gasteiger charge is 2.31. The van der Waals surface area contributed by atoms with E-state index in [4.69, 9.17) is 4.52 Å². The lowest BCUT2D eigenvalue weighted by molar-refractivity contribution is -0.137. The fourth-order valence-corrected chi connectivity index (χ4v) is 5.37. The minimum Gasteiger partial charge on any atom is -0.351 e. The Morgan fingerprint density at radius 1 is 1.06 bits per heavy atom. The molecule has 1 aliphatic carbocycles. The molecule has 5 rings (SSSR count). The number of carbonyl (C=O) groups is 2. The molecule has 0 unspecified atom stereocenters. The summed E-state index contributed by atoms with van der Waals surface area (Å²) in [7, 11) is 2.03. The second kappa shape index (κ2) is 9.04. The number of rotatable bonds is 4. The fraction of sp³-hybridized carbons (Fsp3) is 0.500. The van der Waals surface area contributed by atoms with Gasteiger partial charge in [-0.15, -0.1) is 0 Å². The molecule has 3 aromatic rings. The number of hydrogen-bond donors (Lipinski definition) is 1. The molecule has 1 saturated heterocycles. The zero-order valence-electron chi connectivity index (χ0n) is 19.5. The molecule has 7 nitrogen and oxygen atoms in total. The first-order valence-electron chi connectivity index (χ1n) is 12.1. The largest absolute Gasteiger partial charge is 0.351 e. The number of benzene rings is 1. The van der Waals surface area contributed by atoms with Crippen molar-refractivity contribution in [2.75, 3.05) is 18.4 Å². The summed E-state index contributed by atoms with van der Waals surface area (Å²) in [5.74, 6) is 0.478. The lowest BCUT2D eigenvalue weighted by atomic mass is 9.87. The molecule has 0 bridgehead atoms. The van der Waals surface area contributed by atoms with Gasteiger partial charge in [-0.1, -0.05) is 24.4 Å². The predicted octanol–water partition coefficient (Wildman–Crippen LogP) is 5.01. The van der Waals surface area contributed by atoms with Crippen LogP contribution in [-0.2, 0) is 11.8 Å². The van der Waals surface area contributed by atoms with E-state index in [-0.39, 0.29) is 23.5 Å². The van der Waals surface area contributed by atoms with Gasteiger partial charge in [0.15, 0.2) is 0 Å². The first-order valence-corrected chi connectivity index (χ1v) is 12.1. The number of likely N-dealkylation sites (tertiary alicyclic amines) is 1. The van der Waals surface area contributed by atoms with E-state index < -0.39 is 0 Å². The minimum absolute atomic E-state index is 0.111. The van der Waals surface area contributed by atoms with Crippen LogP contribution in [0.2, 0.25) is 0 Å². The van der Waals surface area contributed by atoms with Crippen molar-refractivity contribution >= 4 is 28.4 Å². The molecule has 33 heavy (non-hydrogen) atoms. The van der Waals surface area contributed by atoms with Crippen LogP contribution in [-0.4, -0.2) is 39.5 Å². The smallest absolute Gasteiger partial charge is 0.294 e. The van der Waals surface area contributed by atoms with E-state index in [9.17, 15) is 9.59 Å². The second-order valence-electron chi connectivity index (χ2n) is 9.65. The molecular weight excluding hydrogens is 416 g/mol. The van der Waals surface area contributed by atoms with E-state index in [1.165, 1.54) is 6.42 Å². The van der Waals surface area contributed by atoms with Gasteiger partial charge in [-0.3, -0.25) is 9.59 Å². The molecular formula is C26H32N4O3. The summed E-state index contributed by atoms with van der Waals surface area (Å²) in [6.07, 6.45) is 7.50. The highest BCUT2D eigenvalue weighted by molar-refractivity contribution is 6.03. The normalized spacial score (nSPS) is 19.7. The zero-order valence-corrected chi connectivity index (χ0v) is 19.5. The van der Waals surface area contributed by atoms with Crippen LogP contribution in [0, 0.1) is 12.8 Å². The Morgan fingerprint density at radius 2 is 1.88 bits per heavy atom. The maximum Gasteiger partial charge on any atom is 0.294 e. The molecule has 1 aliphatic heterocycles. The van der Waals surface area contributed by atoms with E-state index in [0.717, 1.165) is 73.0 Å². The third-order valence-electron chi connectivity index (χ3n) is 7.40. The molecule has 1 saturated carbocycles. The quantitative estimate of drug-likeness (QED) is 0.608. The van der Waals surface area contributed by atoms with Gasteiger partial charge >= 0.3 is 0 Å². The van der Waals surface area contributed by atoms with E-state index in [1.54, 1.807) is 6.07 Å². The van der Waals surface area contributed by atoms with E-state index >= 15 is 0 Å². The monoisotopic (exact) mass is 448 g/mol. The average Bonchev–Trinajstić information content (AvgIpc) is 3.44. The summed E-state index contributed by atoms with van der Waals surface area (Å²) in [4.78, 5) is 27.8. The number of nitrogens with one attached hydrogen (secondary N) is 1. The number of anilines is 1. The molecule has 174 valence electrons. The van der Waals surface area contributed by atoms with Crippen LogP contribution in [0.5, 0.6) is 0 Å². The fourth-order valence-electron chi connectivity index (χ4n) is 5.37. The Bertz CT molecular complexity index is 1170. The van der Waals surface area contributed by atoms with Crippen molar-refractivity contribution in [2.45, 2.75) is 57.8 Å². The van der Waals surface area contributed by atoms with Crippen LogP contribution < -0.4 is 5.32 Å². The van der Waals surface area contributed by atoms with Gasteiger partial charge in [0, 0.05) is 60.3 Å². The van der Waals surface area contributed by atoms with Crippen molar-refractivity contribution < 1.29 is 14.1 Å². The summed E-state index contributed by atoms with van der Waals surface area (Å²) in [6, 6.07) is 9.70. The maximum atomic E-state index is 13.0. The summed E-state index contributed by atoms with van der Waals surface area (Å²) in [6.45, 7) is 3.54. The van der Waals surface area contributed by atoms with Crippen LogP contribution in [0.25, 0.3) is 10.9 Å². The van der Waals surface area contributed by atoms with Gasteiger partial charge in [-0.2, -0.15) is 0 Å². The van der Waals surface area contributed by atoms with Crippen LogP contribution >= 0.6 is 0 Å². The predicted molar refractivity (Wildman–Crippen MR) is 127 cm³/mol. The Labute approximate surface area is 194 Å².